The molecule has 2 aromatic rings. The van der Waals surface area contributed by atoms with Crippen molar-refractivity contribution in [2.75, 3.05) is 19.0 Å². The number of nitrogens with one attached hydrogen (secondary N) is 1. The molecule has 0 aliphatic heterocycles. The van der Waals surface area contributed by atoms with E-state index < -0.39 is 0 Å². The van der Waals surface area contributed by atoms with Crippen LogP contribution in [-0.2, 0) is 5.75 Å². The van der Waals surface area contributed by atoms with Crippen LogP contribution in [0.1, 0.15) is 12.7 Å². The molecular weight excluding hydrogens is 252 g/mol. The molecule has 0 saturated heterocycles. The molecule has 0 atom stereocenters. The summed E-state index contributed by atoms with van der Waals surface area (Å²) in [5, 5.41) is 3.64. The summed E-state index contributed by atoms with van der Waals surface area (Å²) >= 11 is 1.47. The van der Waals surface area contributed by atoms with Gasteiger partial charge in [0.25, 0.3) is 0 Å². The molecular formula is C11H14N4O2S. The fourth-order valence-corrected chi connectivity index (χ4v) is 1.99. The van der Waals surface area contributed by atoms with Gasteiger partial charge in [-0.25, -0.2) is 0 Å². The van der Waals surface area contributed by atoms with Crippen LogP contribution in [0.5, 0.6) is 6.01 Å². The number of hydrogen-bond acceptors (Lipinski definition) is 7. The van der Waals surface area contributed by atoms with E-state index in [1.165, 1.54) is 18.9 Å². The molecule has 0 amide bonds. The van der Waals surface area contributed by atoms with Crippen LogP contribution in [0.15, 0.2) is 28.0 Å². The average Bonchev–Trinajstić information content (AvgIpc) is 2.89. The maximum atomic E-state index is 5.25. The van der Waals surface area contributed by atoms with Gasteiger partial charge in [0.1, 0.15) is 5.76 Å². The zero-order chi connectivity index (χ0) is 12.8. The number of anilines is 1. The Labute approximate surface area is 109 Å². The van der Waals surface area contributed by atoms with Crippen LogP contribution < -0.4 is 10.1 Å². The average molecular weight is 266 g/mol. The highest BCUT2D eigenvalue weighted by Gasteiger charge is 2.07. The molecule has 0 aromatic carbocycles. The summed E-state index contributed by atoms with van der Waals surface area (Å²) in [5.41, 5.74) is 0. The molecule has 0 saturated carbocycles. The SMILES string of the molecule is CCNc1nc(OC)nc(SCc2ccco2)n1. The Bertz CT molecular complexity index is 490. The molecule has 0 fully saturated rings. The van der Waals surface area contributed by atoms with Gasteiger partial charge >= 0.3 is 6.01 Å². The first-order valence-electron chi connectivity index (χ1n) is 5.51. The molecule has 0 spiro atoms. The van der Waals surface area contributed by atoms with E-state index in [0.717, 1.165) is 12.3 Å². The Balaban J connectivity index is 2.08. The van der Waals surface area contributed by atoms with Crippen molar-refractivity contribution >= 4 is 17.7 Å². The van der Waals surface area contributed by atoms with Crippen molar-refractivity contribution in [3.05, 3.63) is 24.2 Å². The first kappa shape index (κ1) is 12.7. The van der Waals surface area contributed by atoms with Crippen molar-refractivity contribution in [1.29, 1.82) is 0 Å². The molecule has 0 aliphatic carbocycles. The molecule has 7 heteroatoms. The molecule has 6 nitrogen and oxygen atoms in total. The van der Waals surface area contributed by atoms with Crippen molar-refractivity contribution < 1.29 is 9.15 Å². The summed E-state index contributed by atoms with van der Waals surface area (Å²) in [5.74, 6) is 2.07. The minimum Gasteiger partial charge on any atom is -0.468 e. The van der Waals surface area contributed by atoms with Gasteiger partial charge in [-0.15, -0.1) is 0 Å². The lowest BCUT2D eigenvalue weighted by atomic mass is 10.5. The highest BCUT2D eigenvalue weighted by molar-refractivity contribution is 7.98. The Kier molecular flexibility index (Phi) is 4.40. The number of furan rings is 1. The number of thioether (sulfide) groups is 1. The molecule has 0 radical (unpaired) electrons. The molecule has 18 heavy (non-hydrogen) atoms. The minimum absolute atomic E-state index is 0.308. The van der Waals surface area contributed by atoms with Crippen LogP contribution in [0.25, 0.3) is 0 Å². The fraction of sp³-hybridized carbons (Fsp3) is 0.364. The van der Waals surface area contributed by atoms with E-state index in [1.807, 2.05) is 19.1 Å². The van der Waals surface area contributed by atoms with E-state index in [4.69, 9.17) is 9.15 Å². The third-order valence-electron chi connectivity index (χ3n) is 2.04. The summed E-state index contributed by atoms with van der Waals surface area (Å²) in [6, 6.07) is 4.08. The van der Waals surface area contributed by atoms with Crippen molar-refractivity contribution in [3.8, 4) is 6.01 Å². The van der Waals surface area contributed by atoms with Gasteiger partial charge in [-0.3, -0.25) is 0 Å². The Hall–Kier alpha value is -1.76. The molecule has 0 unspecified atom stereocenters. The molecule has 1 N–H and O–H groups in total. The zero-order valence-electron chi connectivity index (χ0n) is 10.2. The lowest BCUT2D eigenvalue weighted by Crippen LogP contribution is -2.05. The molecule has 0 aliphatic rings. The maximum absolute atomic E-state index is 5.25. The van der Waals surface area contributed by atoms with Gasteiger partial charge in [-0.1, -0.05) is 11.8 Å². The third kappa shape index (κ3) is 3.36. The number of rotatable bonds is 6. The van der Waals surface area contributed by atoms with Gasteiger partial charge in [0, 0.05) is 6.54 Å². The summed E-state index contributed by atoms with van der Waals surface area (Å²) < 4.78 is 10.3. The summed E-state index contributed by atoms with van der Waals surface area (Å²) in [6.45, 7) is 2.72. The topological polar surface area (TPSA) is 73.1 Å². The highest BCUT2D eigenvalue weighted by atomic mass is 32.2. The molecule has 96 valence electrons. The van der Waals surface area contributed by atoms with E-state index >= 15 is 0 Å². The lowest BCUT2D eigenvalue weighted by Gasteiger charge is -2.05. The van der Waals surface area contributed by atoms with Crippen molar-refractivity contribution in [1.82, 2.24) is 15.0 Å². The molecule has 0 bridgehead atoms. The van der Waals surface area contributed by atoms with Gasteiger partial charge < -0.3 is 14.5 Å². The summed E-state index contributed by atoms with van der Waals surface area (Å²) in [6.07, 6.45) is 1.65. The zero-order valence-corrected chi connectivity index (χ0v) is 11.0. The predicted octanol–water partition coefficient (Wildman–Crippen LogP) is 2.20. The van der Waals surface area contributed by atoms with E-state index in [2.05, 4.69) is 20.3 Å². The van der Waals surface area contributed by atoms with Gasteiger partial charge in [0.2, 0.25) is 5.95 Å². The van der Waals surface area contributed by atoms with Crippen LogP contribution >= 0.6 is 11.8 Å². The number of nitrogens with zero attached hydrogens (tertiary/aromatic N) is 3. The van der Waals surface area contributed by atoms with Crippen LogP contribution in [0, 0.1) is 0 Å². The molecule has 2 aromatic heterocycles. The van der Waals surface area contributed by atoms with Crippen LogP contribution in [0.2, 0.25) is 0 Å². The maximum Gasteiger partial charge on any atom is 0.321 e. The number of methoxy groups -OCH3 is 1. The normalized spacial score (nSPS) is 10.3. The van der Waals surface area contributed by atoms with E-state index in [9.17, 15) is 0 Å². The molecule has 2 rings (SSSR count). The Morgan fingerprint density at radius 2 is 2.28 bits per heavy atom. The molecule has 2 heterocycles. The highest BCUT2D eigenvalue weighted by Crippen LogP contribution is 2.21. The van der Waals surface area contributed by atoms with Crippen molar-refractivity contribution in [2.45, 2.75) is 17.8 Å². The van der Waals surface area contributed by atoms with E-state index in [-0.39, 0.29) is 0 Å². The van der Waals surface area contributed by atoms with Gasteiger partial charge in [0.15, 0.2) is 5.16 Å². The quantitative estimate of drug-likeness (QED) is 0.803. The second-order valence-electron chi connectivity index (χ2n) is 3.33. The van der Waals surface area contributed by atoms with Gasteiger partial charge in [0.05, 0.1) is 19.1 Å². The largest absolute Gasteiger partial charge is 0.468 e. The number of ether oxygens (including phenoxy) is 1. The van der Waals surface area contributed by atoms with Gasteiger partial charge in [-0.05, 0) is 19.1 Å². The number of aromatic nitrogens is 3. The van der Waals surface area contributed by atoms with Crippen LogP contribution in [0.3, 0.4) is 0 Å². The third-order valence-corrected chi connectivity index (χ3v) is 2.91. The van der Waals surface area contributed by atoms with Crippen molar-refractivity contribution in [2.24, 2.45) is 0 Å². The first-order chi connectivity index (χ1) is 8.81. The summed E-state index contributed by atoms with van der Waals surface area (Å²) in [4.78, 5) is 12.5. The van der Waals surface area contributed by atoms with Crippen LogP contribution in [0.4, 0.5) is 5.95 Å². The predicted molar refractivity (Wildman–Crippen MR) is 68.8 cm³/mol. The second kappa shape index (κ2) is 6.25. The van der Waals surface area contributed by atoms with Gasteiger partial charge in [-0.2, -0.15) is 15.0 Å². The fourth-order valence-electron chi connectivity index (χ4n) is 1.26. The second-order valence-corrected chi connectivity index (χ2v) is 4.27. The number of hydrogen-bond donors (Lipinski definition) is 1. The standard InChI is InChI=1S/C11H14N4O2S/c1-3-12-9-13-10(16-2)15-11(14-9)18-7-8-5-4-6-17-8/h4-6H,3,7H2,1-2H3,(H,12,13,14,15). The first-order valence-corrected chi connectivity index (χ1v) is 6.49. The lowest BCUT2D eigenvalue weighted by molar-refractivity contribution is 0.373. The Morgan fingerprint density at radius 3 is 2.94 bits per heavy atom. The smallest absolute Gasteiger partial charge is 0.321 e. The van der Waals surface area contributed by atoms with E-state index in [0.29, 0.717) is 22.9 Å². The Morgan fingerprint density at radius 1 is 1.39 bits per heavy atom. The van der Waals surface area contributed by atoms with Crippen molar-refractivity contribution in [3.63, 3.8) is 0 Å². The summed E-state index contributed by atoms with van der Waals surface area (Å²) in [7, 11) is 1.53. The monoisotopic (exact) mass is 266 g/mol. The van der Waals surface area contributed by atoms with Crippen LogP contribution in [-0.4, -0.2) is 28.6 Å². The van der Waals surface area contributed by atoms with E-state index in [1.54, 1.807) is 6.26 Å². The minimum atomic E-state index is 0.308.